The fourth-order valence-corrected chi connectivity index (χ4v) is 7.70. The molecule has 3 saturated carbocycles. The van der Waals surface area contributed by atoms with Crippen LogP contribution in [0.2, 0.25) is 0 Å². The molecule has 1 aromatic rings. The fourth-order valence-electron chi connectivity index (χ4n) is 7.70. The smallest absolute Gasteiger partial charge is 0.220 e. The zero-order chi connectivity index (χ0) is 19.4. The number of carbonyl (C=O) groups is 1. The molecule has 3 aliphatic carbocycles. The van der Waals surface area contributed by atoms with Crippen LogP contribution in [0.4, 0.5) is 0 Å². The van der Waals surface area contributed by atoms with Crippen molar-refractivity contribution in [3.05, 3.63) is 35.9 Å². The Bertz CT molecular complexity index is 733. The molecule has 1 aromatic carbocycles. The highest BCUT2D eigenvalue weighted by Crippen LogP contribution is 2.64. The molecule has 7 atom stereocenters. The first-order valence-electron chi connectivity index (χ1n) is 11.5. The molecular weight excluding hydrogens is 346 g/mol. The summed E-state index contributed by atoms with van der Waals surface area (Å²) in [4.78, 5) is 12.0. The van der Waals surface area contributed by atoms with E-state index in [0.717, 1.165) is 37.2 Å². The third-order valence-corrected chi connectivity index (χ3v) is 9.30. The second-order valence-corrected chi connectivity index (χ2v) is 10.5. The van der Waals surface area contributed by atoms with Gasteiger partial charge >= 0.3 is 0 Å². The van der Waals surface area contributed by atoms with Crippen molar-refractivity contribution in [1.29, 1.82) is 0 Å². The van der Waals surface area contributed by atoms with Crippen molar-refractivity contribution in [2.24, 2.45) is 28.6 Å². The van der Waals surface area contributed by atoms with Crippen LogP contribution in [0.1, 0.15) is 70.8 Å². The lowest BCUT2D eigenvalue weighted by atomic mass is 9.47. The predicted octanol–water partition coefficient (Wildman–Crippen LogP) is 5.09. The van der Waals surface area contributed by atoms with Gasteiger partial charge in [0.05, 0.1) is 12.7 Å². The fraction of sp³-hybridized carbons (Fsp3) is 0.720. The first-order valence-corrected chi connectivity index (χ1v) is 11.5. The number of benzene rings is 1. The van der Waals surface area contributed by atoms with Crippen LogP contribution in [0.15, 0.2) is 30.3 Å². The number of amides is 1. The summed E-state index contributed by atoms with van der Waals surface area (Å²) in [7, 11) is 0. The molecule has 0 spiro atoms. The maximum Gasteiger partial charge on any atom is 0.220 e. The Balaban J connectivity index is 1.32. The Hall–Kier alpha value is -1.35. The highest BCUT2D eigenvalue weighted by Gasteiger charge is 2.60. The molecule has 5 rings (SSSR count). The molecule has 1 amide bonds. The molecule has 0 aromatic heterocycles. The van der Waals surface area contributed by atoms with E-state index in [0.29, 0.717) is 23.0 Å². The third-order valence-electron chi connectivity index (χ3n) is 9.30. The van der Waals surface area contributed by atoms with Gasteiger partial charge in [0.1, 0.15) is 0 Å². The Labute approximate surface area is 169 Å². The molecule has 4 aliphatic rings. The van der Waals surface area contributed by atoms with Crippen LogP contribution in [0.5, 0.6) is 0 Å². The lowest BCUT2D eigenvalue weighted by molar-refractivity contribution is -0.141. The number of hydrogen-bond donors (Lipinski definition) is 1. The third kappa shape index (κ3) is 2.84. The van der Waals surface area contributed by atoms with E-state index >= 15 is 0 Å². The Morgan fingerprint density at radius 2 is 1.75 bits per heavy atom. The van der Waals surface area contributed by atoms with Crippen molar-refractivity contribution >= 4 is 5.91 Å². The summed E-state index contributed by atoms with van der Waals surface area (Å²) < 4.78 is 6.53. The summed E-state index contributed by atoms with van der Waals surface area (Å²) >= 11 is 0. The number of nitrogens with one attached hydrogen (secondary N) is 1. The minimum absolute atomic E-state index is 0.275. The predicted molar refractivity (Wildman–Crippen MR) is 111 cm³/mol. The number of ether oxygens (including phenoxy) is 1. The van der Waals surface area contributed by atoms with Gasteiger partial charge in [0, 0.05) is 12.5 Å². The average molecular weight is 382 g/mol. The van der Waals surface area contributed by atoms with Gasteiger partial charge in [0.15, 0.2) is 0 Å². The molecule has 3 heteroatoms. The maximum atomic E-state index is 12.0. The summed E-state index contributed by atoms with van der Waals surface area (Å²) in [5.41, 5.74) is 1.92. The first kappa shape index (κ1) is 18.7. The van der Waals surface area contributed by atoms with E-state index in [4.69, 9.17) is 4.74 Å². The number of carbonyl (C=O) groups excluding carboxylic acids is 1. The Morgan fingerprint density at radius 3 is 2.57 bits per heavy atom. The van der Waals surface area contributed by atoms with Gasteiger partial charge < -0.3 is 10.1 Å². The van der Waals surface area contributed by atoms with Gasteiger partial charge in [0.2, 0.25) is 5.91 Å². The summed E-state index contributed by atoms with van der Waals surface area (Å²) in [5, 5.41) is 3.34. The largest absolute Gasteiger partial charge is 0.373 e. The zero-order valence-electron chi connectivity index (χ0n) is 17.5. The molecule has 28 heavy (non-hydrogen) atoms. The van der Waals surface area contributed by atoms with Gasteiger partial charge in [-0.05, 0) is 79.1 Å². The Morgan fingerprint density at radius 1 is 0.964 bits per heavy atom. The zero-order valence-corrected chi connectivity index (χ0v) is 17.5. The molecule has 0 radical (unpaired) electrons. The van der Waals surface area contributed by atoms with Crippen molar-refractivity contribution < 1.29 is 9.53 Å². The highest BCUT2D eigenvalue weighted by molar-refractivity contribution is 5.77. The van der Waals surface area contributed by atoms with E-state index in [-0.39, 0.29) is 5.91 Å². The minimum atomic E-state index is 0.275. The van der Waals surface area contributed by atoms with Gasteiger partial charge in [0.25, 0.3) is 0 Å². The van der Waals surface area contributed by atoms with Crippen LogP contribution in [-0.2, 0) is 16.1 Å². The molecule has 152 valence electrons. The van der Waals surface area contributed by atoms with Crippen LogP contribution in [0, 0.1) is 28.6 Å². The number of hydrogen-bond acceptors (Lipinski definition) is 2. The van der Waals surface area contributed by atoms with Gasteiger partial charge in [-0.25, -0.2) is 0 Å². The monoisotopic (exact) mass is 381 g/mol. The van der Waals surface area contributed by atoms with Crippen LogP contribution < -0.4 is 5.32 Å². The maximum absolute atomic E-state index is 12.0. The normalized spacial score (nSPS) is 44.9. The minimum Gasteiger partial charge on any atom is -0.373 e. The van der Waals surface area contributed by atoms with Gasteiger partial charge in [-0.15, -0.1) is 0 Å². The molecule has 1 saturated heterocycles. The molecule has 1 N–H and O–H groups in total. The lowest BCUT2D eigenvalue weighted by Gasteiger charge is -2.60. The topological polar surface area (TPSA) is 38.3 Å². The van der Waals surface area contributed by atoms with E-state index in [1.54, 1.807) is 0 Å². The lowest BCUT2D eigenvalue weighted by Crippen LogP contribution is -2.61. The molecule has 0 bridgehead atoms. The van der Waals surface area contributed by atoms with Gasteiger partial charge in [-0.1, -0.05) is 44.2 Å². The van der Waals surface area contributed by atoms with E-state index < -0.39 is 0 Å². The van der Waals surface area contributed by atoms with Crippen molar-refractivity contribution in [3.63, 3.8) is 0 Å². The molecule has 2 unspecified atom stereocenters. The summed E-state index contributed by atoms with van der Waals surface area (Å²) in [6.45, 7) is 5.75. The summed E-state index contributed by atoms with van der Waals surface area (Å²) in [6, 6.07) is 11.0. The second-order valence-electron chi connectivity index (χ2n) is 10.5. The standard InChI is InChI=1S/C25H35NO2/c1-24-15-13-23(27)26-21(24)10-8-18-19-9-11-22(25(19,2)14-12-20(18)24)28-16-17-6-4-3-5-7-17/h3-7,18-22H,8-16H2,1-2H3,(H,26,27)/t18-,19-,20+,21?,22?,24+,25-/m0/s1. The molecule has 1 aliphatic heterocycles. The highest BCUT2D eigenvalue weighted by atomic mass is 16.5. The van der Waals surface area contributed by atoms with Crippen molar-refractivity contribution in [3.8, 4) is 0 Å². The average Bonchev–Trinajstić information content (AvgIpc) is 3.04. The van der Waals surface area contributed by atoms with Crippen molar-refractivity contribution in [2.45, 2.75) is 84.0 Å². The quantitative estimate of drug-likeness (QED) is 0.792. The molecule has 4 fully saturated rings. The van der Waals surface area contributed by atoms with E-state index in [2.05, 4.69) is 49.5 Å². The van der Waals surface area contributed by atoms with Crippen LogP contribution in [0.3, 0.4) is 0 Å². The molecule has 1 heterocycles. The number of rotatable bonds is 3. The van der Waals surface area contributed by atoms with E-state index in [9.17, 15) is 4.79 Å². The Kier molecular flexibility index (Phi) is 4.58. The van der Waals surface area contributed by atoms with Crippen LogP contribution in [0.25, 0.3) is 0 Å². The molecular formula is C25H35NO2. The van der Waals surface area contributed by atoms with Gasteiger partial charge in [-0.3, -0.25) is 4.79 Å². The van der Waals surface area contributed by atoms with E-state index in [1.807, 2.05) is 0 Å². The number of fused-ring (bicyclic) bond motifs is 5. The van der Waals surface area contributed by atoms with Crippen LogP contribution >= 0.6 is 0 Å². The summed E-state index contributed by atoms with van der Waals surface area (Å²) in [5.74, 6) is 2.66. The molecule has 3 nitrogen and oxygen atoms in total. The number of piperidine rings is 1. The van der Waals surface area contributed by atoms with Crippen molar-refractivity contribution in [2.75, 3.05) is 0 Å². The SMILES string of the molecule is C[C@]12CCC(=O)NC1CC[C@@H]1[C@H]2CC[C@]2(C)C(OCc3ccccc3)CC[C@@H]12. The van der Waals surface area contributed by atoms with Gasteiger partial charge in [-0.2, -0.15) is 0 Å². The van der Waals surface area contributed by atoms with Crippen molar-refractivity contribution in [1.82, 2.24) is 5.32 Å². The first-order chi connectivity index (χ1) is 13.5. The van der Waals surface area contributed by atoms with Crippen LogP contribution in [-0.4, -0.2) is 18.1 Å². The van der Waals surface area contributed by atoms with E-state index in [1.165, 1.54) is 44.1 Å². The second kappa shape index (κ2) is 6.86. The summed E-state index contributed by atoms with van der Waals surface area (Å²) in [6.07, 6.45) is 9.81.